The molecule has 7 heteroatoms. The standard InChI is InChI=1S/C13H16N2O4S/c16-20(17,15-7-10-5-6-18-9-10)13-4-3-12(19-13)8-14-11-1-2-11/h3-6,9,11,14-15H,1-2,7-8H2. The first-order valence-electron chi connectivity index (χ1n) is 6.46. The first kappa shape index (κ1) is 13.4. The van der Waals surface area contributed by atoms with Crippen molar-refractivity contribution >= 4 is 10.0 Å². The Morgan fingerprint density at radius 2 is 2.05 bits per heavy atom. The molecule has 1 saturated carbocycles. The van der Waals surface area contributed by atoms with Crippen molar-refractivity contribution in [1.82, 2.24) is 10.0 Å². The van der Waals surface area contributed by atoms with Crippen LogP contribution in [0.3, 0.4) is 0 Å². The Kier molecular flexibility index (Phi) is 3.64. The van der Waals surface area contributed by atoms with E-state index >= 15 is 0 Å². The summed E-state index contributed by atoms with van der Waals surface area (Å²) < 4.78 is 36.8. The molecule has 0 atom stereocenters. The predicted molar refractivity (Wildman–Crippen MR) is 71.3 cm³/mol. The van der Waals surface area contributed by atoms with Gasteiger partial charge in [0, 0.05) is 18.2 Å². The minimum Gasteiger partial charge on any atom is -0.472 e. The van der Waals surface area contributed by atoms with Crippen LogP contribution in [0, 0.1) is 0 Å². The highest BCUT2D eigenvalue weighted by Gasteiger charge is 2.22. The number of furan rings is 2. The number of nitrogens with one attached hydrogen (secondary N) is 2. The summed E-state index contributed by atoms with van der Waals surface area (Å²) >= 11 is 0. The molecule has 0 unspecified atom stereocenters. The minimum atomic E-state index is -3.62. The predicted octanol–water partition coefficient (Wildman–Crippen LogP) is 1.60. The third kappa shape index (κ3) is 3.30. The van der Waals surface area contributed by atoms with Crippen LogP contribution in [0.4, 0.5) is 0 Å². The molecule has 1 aliphatic carbocycles. The molecule has 0 bridgehead atoms. The van der Waals surface area contributed by atoms with Crippen molar-refractivity contribution in [3.8, 4) is 0 Å². The van der Waals surface area contributed by atoms with Gasteiger partial charge in [0.15, 0.2) is 0 Å². The Labute approximate surface area is 117 Å². The molecule has 2 aromatic heterocycles. The highest BCUT2D eigenvalue weighted by Crippen LogP contribution is 2.20. The maximum absolute atomic E-state index is 12.0. The van der Waals surface area contributed by atoms with Gasteiger partial charge in [0.1, 0.15) is 5.76 Å². The summed E-state index contributed by atoms with van der Waals surface area (Å²) in [7, 11) is -3.62. The smallest absolute Gasteiger partial charge is 0.274 e. The van der Waals surface area contributed by atoms with Gasteiger partial charge in [0.25, 0.3) is 10.0 Å². The summed E-state index contributed by atoms with van der Waals surface area (Å²) in [5, 5.41) is 3.21. The van der Waals surface area contributed by atoms with Crippen molar-refractivity contribution < 1.29 is 17.3 Å². The highest BCUT2D eigenvalue weighted by atomic mass is 32.2. The van der Waals surface area contributed by atoms with E-state index < -0.39 is 10.0 Å². The molecular weight excluding hydrogens is 280 g/mol. The molecule has 20 heavy (non-hydrogen) atoms. The average Bonchev–Trinajstić information content (AvgIpc) is 2.94. The molecule has 3 rings (SSSR count). The van der Waals surface area contributed by atoms with Crippen LogP contribution in [0.5, 0.6) is 0 Å². The number of hydrogen-bond acceptors (Lipinski definition) is 5. The van der Waals surface area contributed by atoms with E-state index in [2.05, 4.69) is 10.0 Å². The molecule has 6 nitrogen and oxygen atoms in total. The zero-order chi connectivity index (χ0) is 14.0. The van der Waals surface area contributed by atoms with Gasteiger partial charge in [-0.1, -0.05) is 0 Å². The molecule has 0 saturated heterocycles. The molecule has 1 aliphatic rings. The van der Waals surface area contributed by atoms with Crippen LogP contribution >= 0.6 is 0 Å². The van der Waals surface area contributed by atoms with E-state index in [9.17, 15) is 8.42 Å². The Hall–Kier alpha value is -1.57. The molecule has 2 N–H and O–H groups in total. The lowest BCUT2D eigenvalue weighted by Gasteiger charge is -2.02. The lowest BCUT2D eigenvalue weighted by molar-refractivity contribution is 0.399. The number of hydrogen-bond donors (Lipinski definition) is 2. The van der Waals surface area contributed by atoms with Crippen molar-refractivity contribution in [2.75, 3.05) is 0 Å². The second-order valence-electron chi connectivity index (χ2n) is 4.83. The quantitative estimate of drug-likeness (QED) is 0.810. The van der Waals surface area contributed by atoms with Gasteiger partial charge in [-0.3, -0.25) is 0 Å². The van der Waals surface area contributed by atoms with Crippen molar-refractivity contribution in [2.24, 2.45) is 0 Å². The fraction of sp³-hybridized carbons (Fsp3) is 0.385. The monoisotopic (exact) mass is 296 g/mol. The molecule has 0 amide bonds. The van der Waals surface area contributed by atoms with Gasteiger partial charge in [-0.05, 0) is 31.0 Å². The van der Waals surface area contributed by atoms with Crippen LogP contribution in [-0.2, 0) is 23.1 Å². The molecule has 2 heterocycles. The summed E-state index contributed by atoms with van der Waals surface area (Å²) in [6, 6.07) is 5.42. The SMILES string of the molecule is O=S(=O)(NCc1ccoc1)c1ccc(CNC2CC2)o1. The van der Waals surface area contributed by atoms with Crippen molar-refractivity contribution in [3.05, 3.63) is 42.0 Å². The third-order valence-corrected chi connectivity index (χ3v) is 4.36. The highest BCUT2D eigenvalue weighted by molar-refractivity contribution is 7.89. The maximum Gasteiger partial charge on any atom is 0.274 e. The zero-order valence-corrected chi connectivity index (χ0v) is 11.7. The van der Waals surface area contributed by atoms with E-state index in [1.807, 2.05) is 0 Å². The third-order valence-electron chi connectivity index (χ3n) is 3.09. The Balaban J connectivity index is 1.61. The molecule has 108 valence electrons. The Morgan fingerprint density at radius 1 is 1.20 bits per heavy atom. The molecule has 1 fully saturated rings. The zero-order valence-electron chi connectivity index (χ0n) is 10.8. The summed E-state index contributed by atoms with van der Waals surface area (Å²) in [5.41, 5.74) is 0.760. The van der Waals surface area contributed by atoms with Crippen LogP contribution in [0.25, 0.3) is 0 Å². The van der Waals surface area contributed by atoms with E-state index in [0.717, 1.165) is 5.56 Å². The number of rotatable bonds is 7. The maximum atomic E-state index is 12.0. The van der Waals surface area contributed by atoms with Crippen molar-refractivity contribution in [2.45, 2.75) is 37.1 Å². The van der Waals surface area contributed by atoms with Gasteiger partial charge in [-0.15, -0.1) is 0 Å². The van der Waals surface area contributed by atoms with Crippen LogP contribution in [-0.4, -0.2) is 14.5 Å². The van der Waals surface area contributed by atoms with Crippen LogP contribution in [0.15, 0.2) is 44.7 Å². The van der Waals surface area contributed by atoms with Gasteiger partial charge in [0.2, 0.25) is 5.09 Å². The molecule has 0 aliphatic heterocycles. The van der Waals surface area contributed by atoms with Gasteiger partial charge in [0.05, 0.1) is 19.1 Å². The van der Waals surface area contributed by atoms with Crippen LogP contribution < -0.4 is 10.0 Å². The number of sulfonamides is 1. The Morgan fingerprint density at radius 3 is 2.75 bits per heavy atom. The van der Waals surface area contributed by atoms with Gasteiger partial charge < -0.3 is 14.2 Å². The van der Waals surface area contributed by atoms with Gasteiger partial charge in [-0.2, -0.15) is 0 Å². The molecule has 2 aromatic rings. The minimum absolute atomic E-state index is 0.0615. The lowest BCUT2D eigenvalue weighted by atomic mass is 10.4. The average molecular weight is 296 g/mol. The lowest BCUT2D eigenvalue weighted by Crippen LogP contribution is -2.22. The van der Waals surface area contributed by atoms with Crippen LogP contribution in [0.1, 0.15) is 24.2 Å². The fourth-order valence-corrected chi connectivity index (χ4v) is 2.74. The fourth-order valence-electron chi connectivity index (χ4n) is 1.77. The molecular formula is C13H16N2O4S. The second-order valence-corrected chi connectivity index (χ2v) is 6.53. The normalized spacial score (nSPS) is 15.6. The Bertz CT molecular complexity index is 656. The van der Waals surface area contributed by atoms with E-state index in [1.54, 1.807) is 12.1 Å². The molecule has 0 aromatic carbocycles. The van der Waals surface area contributed by atoms with Gasteiger partial charge >= 0.3 is 0 Å². The van der Waals surface area contributed by atoms with Crippen molar-refractivity contribution in [3.63, 3.8) is 0 Å². The van der Waals surface area contributed by atoms with E-state index in [4.69, 9.17) is 8.83 Å². The van der Waals surface area contributed by atoms with E-state index in [-0.39, 0.29) is 11.6 Å². The molecule has 0 spiro atoms. The largest absolute Gasteiger partial charge is 0.472 e. The van der Waals surface area contributed by atoms with Gasteiger partial charge in [-0.25, -0.2) is 13.1 Å². The summed E-state index contributed by atoms with van der Waals surface area (Å²) in [5.74, 6) is 0.626. The summed E-state index contributed by atoms with van der Waals surface area (Å²) in [4.78, 5) is 0. The van der Waals surface area contributed by atoms with Crippen molar-refractivity contribution in [1.29, 1.82) is 0 Å². The first-order chi connectivity index (χ1) is 9.63. The van der Waals surface area contributed by atoms with Crippen LogP contribution in [0.2, 0.25) is 0 Å². The topological polar surface area (TPSA) is 84.5 Å². The first-order valence-corrected chi connectivity index (χ1v) is 7.95. The summed E-state index contributed by atoms with van der Waals surface area (Å²) in [6.07, 6.45) is 5.35. The molecule has 0 radical (unpaired) electrons. The van der Waals surface area contributed by atoms with E-state index in [0.29, 0.717) is 18.3 Å². The second kappa shape index (κ2) is 5.43. The summed E-state index contributed by atoms with van der Waals surface area (Å²) in [6.45, 7) is 0.733. The van der Waals surface area contributed by atoms with E-state index in [1.165, 1.54) is 31.4 Å².